The Balaban J connectivity index is 1.81. The number of rotatable bonds is 6. The van der Waals surface area contributed by atoms with Gasteiger partial charge in [0, 0.05) is 22.8 Å². The fourth-order valence-corrected chi connectivity index (χ4v) is 3.38. The van der Waals surface area contributed by atoms with Gasteiger partial charge in [-0.1, -0.05) is 36.4 Å². The van der Waals surface area contributed by atoms with Crippen LogP contribution in [0.25, 0.3) is 10.9 Å². The minimum atomic E-state index is -0.299. The Bertz CT molecular complexity index is 1110. The van der Waals surface area contributed by atoms with Crippen LogP contribution in [0.1, 0.15) is 29.8 Å². The number of aromatic nitrogens is 2. The third kappa shape index (κ3) is 3.99. The van der Waals surface area contributed by atoms with Crippen LogP contribution >= 0.6 is 0 Å². The molecule has 0 radical (unpaired) electrons. The van der Waals surface area contributed by atoms with Crippen LogP contribution in [0.5, 0.6) is 11.5 Å². The number of ether oxygens (including phenoxy) is 1. The second kappa shape index (κ2) is 8.19. The number of hydrogen-bond donors (Lipinski definition) is 2. The normalized spacial score (nSPS) is 11.9. The Morgan fingerprint density at radius 2 is 1.79 bits per heavy atom. The zero-order valence-electron chi connectivity index (χ0n) is 16.5. The van der Waals surface area contributed by atoms with Crippen molar-refractivity contribution in [3.63, 3.8) is 0 Å². The summed E-state index contributed by atoms with van der Waals surface area (Å²) in [5, 5.41) is 15.4. The molecule has 146 valence electrons. The van der Waals surface area contributed by atoms with E-state index in [-0.39, 0.29) is 11.8 Å². The molecule has 1 unspecified atom stereocenters. The summed E-state index contributed by atoms with van der Waals surface area (Å²) in [5.74, 6) is 1.71. The summed E-state index contributed by atoms with van der Waals surface area (Å²) >= 11 is 0. The second-order valence-electron chi connectivity index (χ2n) is 6.82. The molecule has 0 fully saturated rings. The SMILES string of the molecule is CCOc1ccc(C(Nc2ccccn2)c2ccc3ccc(C)nc3c2O)cc1. The van der Waals surface area contributed by atoms with Gasteiger partial charge >= 0.3 is 0 Å². The van der Waals surface area contributed by atoms with Crippen LogP contribution in [0.2, 0.25) is 0 Å². The molecular formula is C24H23N3O2. The molecule has 0 aliphatic carbocycles. The highest BCUT2D eigenvalue weighted by molar-refractivity contribution is 5.86. The van der Waals surface area contributed by atoms with Crippen molar-refractivity contribution in [3.05, 3.63) is 89.7 Å². The standard InChI is InChI=1S/C24H23N3O2/c1-3-29-19-12-9-17(10-13-19)22(27-21-6-4-5-15-25-21)20-14-11-18-8-7-16(2)26-23(18)24(20)28/h4-15,22,28H,3H2,1-2H3,(H,25,27). The molecule has 2 N–H and O–H groups in total. The summed E-state index contributed by atoms with van der Waals surface area (Å²) in [6.45, 7) is 4.49. The molecule has 0 bridgehead atoms. The minimum absolute atomic E-state index is 0.175. The van der Waals surface area contributed by atoms with Crippen LogP contribution < -0.4 is 10.1 Å². The summed E-state index contributed by atoms with van der Waals surface area (Å²) in [5.41, 5.74) is 3.19. The Morgan fingerprint density at radius 1 is 1.00 bits per heavy atom. The van der Waals surface area contributed by atoms with Crippen molar-refractivity contribution in [1.29, 1.82) is 0 Å². The highest BCUT2D eigenvalue weighted by Crippen LogP contribution is 2.36. The summed E-state index contributed by atoms with van der Waals surface area (Å²) in [4.78, 5) is 8.93. The Kier molecular flexibility index (Phi) is 5.29. The maximum absolute atomic E-state index is 11.1. The zero-order chi connectivity index (χ0) is 20.2. The predicted octanol–water partition coefficient (Wildman–Crippen LogP) is 5.24. The molecule has 4 aromatic rings. The highest BCUT2D eigenvalue weighted by atomic mass is 16.5. The number of anilines is 1. The molecule has 0 amide bonds. The molecule has 0 aliphatic heterocycles. The number of phenols is 1. The van der Waals surface area contributed by atoms with Crippen LogP contribution in [-0.2, 0) is 0 Å². The summed E-state index contributed by atoms with van der Waals surface area (Å²) in [6.07, 6.45) is 1.74. The van der Waals surface area contributed by atoms with Crippen LogP contribution in [0.3, 0.4) is 0 Å². The smallest absolute Gasteiger partial charge is 0.147 e. The fourth-order valence-electron chi connectivity index (χ4n) is 3.38. The maximum Gasteiger partial charge on any atom is 0.147 e. The lowest BCUT2D eigenvalue weighted by molar-refractivity contribution is 0.340. The largest absolute Gasteiger partial charge is 0.505 e. The zero-order valence-corrected chi connectivity index (χ0v) is 16.5. The molecule has 0 aliphatic rings. The van der Waals surface area contributed by atoms with Gasteiger partial charge in [-0.15, -0.1) is 0 Å². The average Bonchev–Trinajstić information content (AvgIpc) is 2.75. The number of phenolic OH excluding ortho intramolecular Hbond substituents is 1. The van der Waals surface area contributed by atoms with Gasteiger partial charge in [0.15, 0.2) is 0 Å². The number of fused-ring (bicyclic) bond motifs is 1. The van der Waals surface area contributed by atoms with Crippen molar-refractivity contribution in [1.82, 2.24) is 9.97 Å². The van der Waals surface area contributed by atoms with Gasteiger partial charge in [-0.2, -0.15) is 0 Å². The molecule has 2 aromatic carbocycles. The molecule has 29 heavy (non-hydrogen) atoms. The first-order valence-electron chi connectivity index (χ1n) is 9.65. The van der Waals surface area contributed by atoms with Gasteiger partial charge in [0.25, 0.3) is 0 Å². The second-order valence-corrected chi connectivity index (χ2v) is 6.82. The van der Waals surface area contributed by atoms with E-state index in [2.05, 4.69) is 15.3 Å². The molecule has 0 spiro atoms. The molecule has 1 atom stereocenters. The first-order chi connectivity index (χ1) is 14.2. The van der Waals surface area contributed by atoms with E-state index in [1.54, 1.807) is 6.20 Å². The van der Waals surface area contributed by atoms with Crippen molar-refractivity contribution in [3.8, 4) is 11.5 Å². The lowest BCUT2D eigenvalue weighted by atomic mass is 9.96. The molecule has 0 saturated heterocycles. The number of nitrogens with zero attached hydrogens (tertiary/aromatic N) is 2. The number of aromatic hydroxyl groups is 1. The van der Waals surface area contributed by atoms with Gasteiger partial charge in [-0.05, 0) is 49.7 Å². The topological polar surface area (TPSA) is 67.3 Å². The first-order valence-corrected chi connectivity index (χ1v) is 9.65. The average molecular weight is 385 g/mol. The third-order valence-corrected chi connectivity index (χ3v) is 4.80. The number of pyridine rings is 2. The summed E-state index contributed by atoms with van der Waals surface area (Å²) < 4.78 is 5.57. The highest BCUT2D eigenvalue weighted by Gasteiger charge is 2.20. The molecule has 2 aromatic heterocycles. The van der Waals surface area contributed by atoms with Crippen LogP contribution in [0, 0.1) is 6.92 Å². The van der Waals surface area contributed by atoms with Crippen molar-refractivity contribution >= 4 is 16.7 Å². The monoisotopic (exact) mass is 385 g/mol. The third-order valence-electron chi connectivity index (χ3n) is 4.80. The molecule has 5 heteroatoms. The van der Waals surface area contributed by atoms with Crippen molar-refractivity contribution in [2.75, 3.05) is 11.9 Å². The first kappa shape index (κ1) is 18.7. The molecule has 2 heterocycles. The van der Waals surface area contributed by atoms with E-state index >= 15 is 0 Å². The Labute approximate surface area is 170 Å². The van der Waals surface area contributed by atoms with Crippen LogP contribution in [-0.4, -0.2) is 21.7 Å². The molecule has 4 rings (SSSR count). The van der Waals surface area contributed by atoms with Gasteiger partial charge < -0.3 is 15.2 Å². The number of aryl methyl sites for hydroxylation is 1. The number of hydrogen-bond acceptors (Lipinski definition) is 5. The van der Waals surface area contributed by atoms with Gasteiger partial charge in [-0.25, -0.2) is 9.97 Å². The van der Waals surface area contributed by atoms with E-state index in [1.165, 1.54) is 0 Å². The van der Waals surface area contributed by atoms with Gasteiger partial charge in [-0.3, -0.25) is 0 Å². The van der Waals surface area contributed by atoms with E-state index in [1.807, 2.05) is 80.6 Å². The summed E-state index contributed by atoms with van der Waals surface area (Å²) in [6, 6.07) is 21.1. The number of benzene rings is 2. The lowest BCUT2D eigenvalue weighted by Crippen LogP contribution is -2.13. The van der Waals surface area contributed by atoms with E-state index in [9.17, 15) is 5.11 Å². The van der Waals surface area contributed by atoms with E-state index < -0.39 is 0 Å². The molecule has 5 nitrogen and oxygen atoms in total. The number of nitrogens with one attached hydrogen (secondary N) is 1. The van der Waals surface area contributed by atoms with Crippen molar-refractivity contribution in [2.24, 2.45) is 0 Å². The fraction of sp³-hybridized carbons (Fsp3) is 0.167. The van der Waals surface area contributed by atoms with Gasteiger partial charge in [0.1, 0.15) is 22.8 Å². The maximum atomic E-state index is 11.1. The van der Waals surface area contributed by atoms with Gasteiger partial charge in [0.2, 0.25) is 0 Å². The lowest BCUT2D eigenvalue weighted by Gasteiger charge is -2.22. The van der Waals surface area contributed by atoms with Crippen LogP contribution in [0.15, 0.2) is 72.9 Å². The van der Waals surface area contributed by atoms with E-state index in [0.717, 1.165) is 33.8 Å². The molecule has 0 saturated carbocycles. The molecular weight excluding hydrogens is 362 g/mol. The van der Waals surface area contributed by atoms with E-state index in [4.69, 9.17) is 4.74 Å². The quantitative estimate of drug-likeness (QED) is 0.475. The summed E-state index contributed by atoms with van der Waals surface area (Å²) in [7, 11) is 0. The Morgan fingerprint density at radius 3 is 2.52 bits per heavy atom. The van der Waals surface area contributed by atoms with Crippen molar-refractivity contribution in [2.45, 2.75) is 19.9 Å². The van der Waals surface area contributed by atoms with Gasteiger partial charge in [0.05, 0.1) is 12.6 Å². The predicted molar refractivity (Wildman–Crippen MR) is 115 cm³/mol. The van der Waals surface area contributed by atoms with Crippen LogP contribution in [0.4, 0.5) is 5.82 Å². The van der Waals surface area contributed by atoms with Crippen molar-refractivity contribution < 1.29 is 9.84 Å². The minimum Gasteiger partial charge on any atom is -0.505 e. The van der Waals surface area contributed by atoms with E-state index in [0.29, 0.717) is 12.1 Å². The Hall–Kier alpha value is -3.60.